The molecule has 0 aliphatic carbocycles. The summed E-state index contributed by atoms with van der Waals surface area (Å²) in [6.07, 6.45) is 0. The van der Waals surface area contributed by atoms with E-state index in [9.17, 15) is 9.59 Å². The third kappa shape index (κ3) is 4.23. The molecule has 0 unspecified atom stereocenters. The summed E-state index contributed by atoms with van der Waals surface area (Å²) in [5.74, 6) is -0.963. The second kappa shape index (κ2) is 8.92. The van der Waals surface area contributed by atoms with E-state index in [0.29, 0.717) is 20.3 Å². The third-order valence-electron chi connectivity index (χ3n) is 5.05. The summed E-state index contributed by atoms with van der Waals surface area (Å²) in [5, 5.41) is 7.42. The Morgan fingerprint density at radius 1 is 0.706 bits per heavy atom. The number of aryl methyl sites for hydroxylation is 2. The van der Waals surface area contributed by atoms with Crippen molar-refractivity contribution in [3.8, 4) is 0 Å². The van der Waals surface area contributed by atoms with Gasteiger partial charge in [0.1, 0.15) is 11.4 Å². The van der Waals surface area contributed by atoms with Crippen molar-refractivity contribution in [2.24, 2.45) is 0 Å². The van der Waals surface area contributed by atoms with E-state index in [-0.39, 0.29) is 11.4 Å². The number of benzene rings is 2. The fourth-order valence-electron chi connectivity index (χ4n) is 3.32. The van der Waals surface area contributed by atoms with Crippen LogP contribution >= 0.6 is 45.9 Å². The molecular formula is C23H15Cl2N5O2S2. The van der Waals surface area contributed by atoms with Crippen molar-refractivity contribution in [2.45, 2.75) is 13.8 Å². The van der Waals surface area contributed by atoms with Crippen molar-refractivity contribution < 1.29 is 9.59 Å². The molecule has 2 N–H and O–H groups in total. The fraction of sp³-hybridized carbons (Fsp3) is 0.0870. The summed E-state index contributed by atoms with van der Waals surface area (Å²) in [4.78, 5) is 38.7. The Hall–Kier alpha value is -3.11. The molecule has 2 amide bonds. The van der Waals surface area contributed by atoms with Gasteiger partial charge >= 0.3 is 0 Å². The highest BCUT2D eigenvalue weighted by molar-refractivity contribution is 7.23. The summed E-state index contributed by atoms with van der Waals surface area (Å²) in [6.45, 7) is 3.85. The van der Waals surface area contributed by atoms with E-state index in [1.807, 2.05) is 26.0 Å². The number of thiazole rings is 2. The van der Waals surface area contributed by atoms with E-state index in [0.717, 1.165) is 31.6 Å². The molecule has 0 bridgehead atoms. The Morgan fingerprint density at radius 3 is 1.56 bits per heavy atom. The van der Waals surface area contributed by atoms with E-state index >= 15 is 0 Å². The average molecular weight is 528 g/mol. The van der Waals surface area contributed by atoms with Gasteiger partial charge in [-0.2, -0.15) is 0 Å². The number of anilines is 2. The smallest absolute Gasteiger partial charge is 0.276 e. The number of aromatic nitrogens is 3. The highest BCUT2D eigenvalue weighted by Gasteiger charge is 2.17. The van der Waals surface area contributed by atoms with Gasteiger partial charge in [0.2, 0.25) is 0 Å². The third-order valence-corrected chi connectivity index (χ3v) is 7.91. The number of carbonyl (C=O) groups excluding carboxylic acids is 2. The predicted molar refractivity (Wildman–Crippen MR) is 139 cm³/mol. The first-order valence-electron chi connectivity index (χ1n) is 10.0. The van der Waals surface area contributed by atoms with Crippen LogP contribution in [0.3, 0.4) is 0 Å². The number of fused-ring (bicyclic) bond motifs is 2. The van der Waals surface area contributed by atoms with Crippen LogP contribution in [-0.4, -0.2) is 26.8 Å². The summed E-state index contributed by atoms with van der Waals surface area (Å²) < 4.78 is 1.59. The molecule has 3 heterocycles. The molecule has 3 aromatic heterocycles. The van der Waals surface area contributed by atoms with Crippen molar-refractivity contribution >= 4 is 88.4 Å². The van der Waals surface area contributed by atoms with Crippen LogP contribution in [0.2, 0.25) is 10.0 Å². The standard InChI is InChI=1S/C23H15Cl2N5O2S2/c1-10-6-8-12(24)18-16(10)27-22(33-18)29-20(31)14-4-3-5-15(26-14)21(32)30-23-28-17-11(2)7-9-13(25)19(17)34-23/h3-9H,1-2H3,(H,27,29,31)(H,28,30,32). The highest BCUT2D eigenvalue weighted by Crippen LogP contribution is 2.35. The van der Waals surface area contributed by atoms with Crippen LogP contribution in [0.1, 0.15) is 32.1 Å². The van der Waals surface area contributed by atoms with Crippen LogP contribution in [-0.2, 0) is 0 Å². The maximum atomic E-state index is 12.8. The van der Waals surface area contributed by atoms with Crippen LogP contribution in [0.15, 0.2) is 42.5 Å². The van der Waals surface area contributed by atoms with Crippen molar-refractivity contribution in [1.29, 1.82) is 0 Å². The minimum Gasteiger partial charge on any atom is -0.296 e. The Morgan fingerprint density at radius 2 is 1.15 bits per heavy atom. The molecule has 0 saturated heterocycles. The Bertz CT molecular complexity index is 1420. The summed E-state index contributed by atoms with van der Waals surface area (Å²) in [7, 11) is 0. The number of pyridine rings is 1. The van der Waals surface area contributed by atoms with Crippen LogP contribution in [0, 0.1) is 13.8 Å². The summed E-state index contributed by atoms with van der Waals surface area (Å²) in [6, 6.07) is 12.0. The second-order valence-corrected chi connectivity index (χ2v) is 10.3. The van der Waals surface area contributed by atoms with Gasteiger partial charge < -0.3 is 0 Å². The zero-order valence-corrected chi connectivity index (χ0v) is 20.9. The maximum Gasteiger partial charge on any atom is 0.276 e. The minimum absolute atomic E-state index is 0.0814. The Balaban J connectivity index is 1.36. The SMILES string of the molecule is Cc1ccc(Cl)c2sc(NC(=O)c3cccc(C(=O)Nc4nc5c(C)ccc(Cl)c5s4)n3)nc12. The molecule has 0 spiro atoms. The first-order valence-corrected chi connectivity index (χ1v) is 12.4. The lowest BCUT2D eigenvalue weighted by Crippen LogP contribution is -2.18. The molecule has 2 aromatic carbocycles. The van der Waals surface area contributed by atoms with Crippen LogP contribution in [0.5, 0.6) is 0 Å². The first kappa shape index (κ1) is 22.7. The molecule has 11 heteroatoms. The minimum atomic E-state index is -0.482. The molecule has 5 rings (SSSR count). The van der Waals surface area contributed by atoms with Gasteiger partial charge in [-0.05, 0) is 49.2 Å². The maximum absolute atomic E-state index is 12.8. The van der Waals surface area contributed by atoms with E-state index in [4.69, 9.17) is 23.2 Å². The normalized spacial score (nSPS) is 11.2. The van der Waals surface area contributed by atoms with E-state index in [2.05, 4.69) is 25.6 Å². The summed E-state index contributed by atoms with van der Waals surface area (Å²) in [5.41, 5.74) is 3.55. The zero-order chi connectivity index (χ0) is 24.0. The fourth-order valence-corrected chi connectivity index (χ4v) is 5.74. The van der Waals surface area contributed by atoms with Crippen molar-refractivity contribution in [1.82, 2.24) is 15.0 Å². The number of rotatable bonds is 4. The highest BCUT2D eigenvalue weighted by atomic mass is 35.5. The predicted octanol–water partition coefficient (Wildman–Crippen LogP) is 6.73. The number of nitrogens with zero attached hydrogens (tertiary/aromatic N) is 3. The van der Waals surface area contributed by atoms with Gasteiger partial charge in [-0.3, -0.25) is 20.2 Å². The largest absolute Gasteiger partial charge is 0.296 e. The molecule has 170 valence electrons. The van der Waals surface area contributed by atoms with Gasteiger partial charge in [0.05, 0.1) is 30.5 Å². The number of halogens is 2. The second-order valence-electron chi connectivity index (χ2n) is 7.44. The first-order chi connectivity index (χ1) is 16.3. The van der Waals surface area contributed by atoms with Gasteiger partial charge in [-0.15, -0.1) is 0 Å². The lowest BCUT2D eigenvalue weighted by Gasteiger charge is -2.04. The van der Waals surface area contributed by atoms with Crippen molar-refractivity contribution in [3.63, 3.8) is 0 Å². The molecule has 0 aliphatic rings. The molecule has 0 saturated carbocycles. The molecule has 34 heavy (non-hydrogen) atoms. The molecule has 0 fully saturated rings. The molecule has 0 radical (unpaired) electrons. The molecule has 0 atom stereocenters. The van der Waals surface area contributed by atoms with Gasteiger partial charge in [0.15, 0.2) is 10.3 Å². The monoisotopic (exact) mass is 527 g/mol. The van der Waals surface area contributed by atoms with Crippen LogP contribution in [0.25, 0.3) is 20.4 Å². The average Bonchev–Trinajstić information content (AvgIpc) is 3.45. The van der Waals surface area contributed by atoms with Gasteiger partial charge in [0.25, 0.3) is 11.8 Å². The van der Waals surface area contributed by atoms with Crippen LogP contribution < -0.4 is 10.6 Å². The van der Waals surface area contributed by atoms with Crippen LogP contribution in [0.4, 0.5) is 10.3 Å². The number of hydrogen-bond donors (Lipinski definition) is 2. The van der Waals surface area contributed by atoms with Gasteiger partial charge in [-0.1, -0.05) is 64.1 Å². The Labute approximate surface area is 211 Å². The van der Waals surface area contributed by atoms with E-state index < -0.39 is 11.8 Å². The Kier molecular flexibility index (Phi) is 5.95. The summed E-state index contributed by atoms with van der Waals surface area (Å²) >= 11 is 15.1. The zero-order valence-electron chi connectivity index (χ0n) is 17.8. The number of hydrogen-bond acceptors (Lipinski definition) is 7. The quantitative estimate of drug-likeness (QED) is 0.270. The molecular weight excluding hydrogens is 513 g/mol. The number of nitrogens with one attached hydrogen (secondary N) is 2. The molecule has 0 aliphatic heterocycles. The number of carbonyl (C=O) groups is 2. The lowest BCUT2D eigenvalue weighted by atomic mass is 10.2. The molecule has 5 aromatic rings. The molecule has 7 nitrogen and oxygen atoms in total. The van der Waals surface area contributed by atoms with Gasteiger partial charge in [-0.25, -0.2) is 15.0 Å². The van der Waals surface area contributed by atoms with Gasteiger partial charge in [0, 0.05) is 0 Å². The van der Waals surface area contributed by atoms with E-state index in [1.165, 1.54) is 34.8 Å². The number of amides is 2. The van der Waals surface area contributed by atoms with E-state index in [1.54, 1.807) is 18.2 Å². The van der Waals surface area contributed by atoms with Crippen molar-refractivity contribution in [2.75, 3.05) is 10.6 Å². The topological polar surface area (TPSA) is 96.9 Å². The lowest BCUT2D eigenvalue weighted by molar-refractivity contribution is 0.101. The van der Waals surface area contributed by atoms with Crippen molar-refractivity contribution in [3.05, 3.63) is 75.0 Å².